The molecule has 1 aromatic carbocycles. The highest BCUT2D eigenvalue weighted by Crippen LogP contribution is 2.11. The summed E-state index contributed by atoms with van der Waals surface area (Å²) in [6.07, 6.45) is -0.493. The number of rotatable bonds is 6. The summed E-state index contributed by atoms with van der Waals surface area (Å²) in [6.45, 7) is 1.70. The number of nitrogens with one attached hydrogen (secondary N) is 1. The van der Waals surface area contributed by atoms with Crippen LogP contribution in [0.1, 0.15) is 23.7 Å². The van der Waals surface area contributed by atoms with Gasteiger partial charge in [-0.2, -0.15) is 0 Å². The molecule has 0 spiro atoms. The smallest absolute Gasteiger partial charge is 0.264 e. The number of amides is 2. The first-order valence-corrected chi connectivity index (χ1v) is 7.29. The van der Waals surface area contributed by atoms with Crippen LogP contribution in [0.5, 0.6) is 0 Å². The van der Waals surface area contributed by atoms with Crippen LogP contribution < -0.4 is 10.5 Å². The Balaban J connectivity index is 2.94. The summed E-state index contributed by atoms with van der Waals surface area (Å²) in [5, 5.41) is 0. The van der Waals surface area contributed by atoms with Gasteiger partial charge in [0.25, 0.3) is 15.9 Å². The van der Waals surface area contributed by atoms with E-state index in [1.165, 1.54) is 31.4 Å². The molecule has 110 valence electrons. The van der Waals surface area contributed by atoms with E-state index in [0.717, 1.165) is 0 Å². The van der Waals surface area contributed by atoms with E-state index in [9.17, 15) is 18.0 Å². The van der Waals surface area contributed by atoms with Crippen LogP contribution in [0.15, 0.2) is 29.2 Å². The number of sulfonamides is 1. The molecule has 0 radical (unpaired) electrons. The second-order valence-electron chi connectivity index (χ2n) is 3.99. The van der Waals surface area contributed by atoms with E-state index in [1.54, 1.807) is 6.92 Å². The van der Waals surface area contributed by atoms with E-state index in [0.29, 0.717) is 6.42 Å². The van der Waals surface area contributed by atoms with Crippen molar-refractivity contribution < 1.29 is 22.7 Å². The minimum absolute atomic E-state index is 0.137. The van der Waals surface area contributed by atoms with E-state index in [4.69, 9.17) is 10.5 Å². The molecule has 0 aliphatic rings. The second-order valence-corrected chi connectivity index (χ2v) is 5.67. The molecule has 0 aromatic heterocycles. The van der Waals surface area contributed by atoms with Crippen molar-refractivity contribution in [3.63, 3.8) is 0 Å². The lowest BCUT2D eigenvalue weighted by molar-refractivity contribution is -0.129. The summed E-state index contributed by atoms with van der Waals surface area (Å²) in [4.78, 5) is 22.4. The van der Waals surface area contributed by atoms with Gasteiger partial charge in [0.15, 0.2) is 0 Å². The van der Waals surface area contributed by atoms with Gasteiger partial charge < -0.3 is 10.5 Å². The average molecular weight is 300 g/mol. The molecule has 0 saturated carbocycles. The van der Waals surface area contributed by atoms with Crippen LogP contribution in [-0.2, 0) is 19.6 Å². The van der Waals surface area contributed by atoms with E-state index in [2.05, 4.69) is 0 Å². The molecule has 0 aliphatic heterocycles. The van der Waals surface area contributed by atoms with E-state index < -0.39 is 27.9 Å². The van der Waals surface area contributed by atoms with Gasteiger partial charge in [-0.1, -0.05) is 6.92 Å². The van der Waals surface area contributed by atoms with Crippen molar-refractivity contribution in [2.24, 2.45) is 5.73 Å². The summed E-state index contributed by atoms with van der Waals surface area (Å²) in [6, 6.07) is 4.94. The average Bonchev–Trinajstić information content (AvgIpc) is 2.39. The normalized spacial score (nSPS) is 12.7. The Labute approximate surface area is 117 Å². The van der Waals surface area contributed by atoms with E-state index >= 15 is 0 Å². The summed E-state index contributed by atoms with van der Waals surface area (Å²) in [7, 11) is -2.68. The van der Waals surface area contributed by atoms with Gasteiger partial charge in [-0.15, -0.1) is 0 Å². The molecule has 1 atom stereocenters. The van der Waals surface area contributed by atoms with Crippen LogP contribution in [0.4, 0.5) is 0 Å². The third-order valence-electron chi connectivity index (χ3n) is 2.63. The highest BCUT2D eigenvalue weighted by Gasteiger charge is 2.23. The lowest BCUT2D eigenvalue weighted by atomic mass is 10.2. The third-order valence-corrected chi connectivity index (χ3v) is 3.99. The molecule has 1 aromatic rings. The molecular formula is C12H16N2O5S. The van der Waals surface area contributed by atoms with Gasteiger partial charge in [0.05, 0.1) is 4.90 Å². The highest BCUT2D eigenvalue weighted by molar-refractivity contribution is 7.90. The van der Waals surface area contributed by atoms with E-state index in [1.807, 2.05) is 4.72 Å². The van der Waals surface area contributed by atoms with Crippen LogP contribution >= 0.6 is 0 Å². The number of hydrogen-bond acceptors (Lipinski definition) is 5. The molecule has 7 nitrogen and oxygen atoms in total. The van der Waals surface area contributed by atoms with Crippen LogP contribution in [0.25, 0.3) is 0 Å². The van der Waals surface area contributed by atoms with Gasteiger partial charge >= 0.3 is 0 Å². The van der Waals surface area contributed by atoms with Crippen molar-refractivity contribution >= 4 is 21.8 Å². The molecule has 1 unspecified atom stereocenters. The Morgan fingerprint density at radius 2 is 1.85 bits per heavy atom. The summed E-state index contributed by atoms with van der Waals surface area (Å²) >= 11 is 0. The molecule has 8 heteroatoms. The third kappa shape index (κ3) is 3.78. The number of nitrogens with two attached hydrogens (primary N) is 1. The predicted molar refractivity (Wildman–Crippen MR) is 71.4 cm³/mol. The molecule has 0 saturated heterocycles. The van der Waals surface area contributed by atoms with Crippen molar-refractivity contribution in [1.82, 2.24) is 4.72 Å². The Kier molecular flexibility index (Phi) is 5.23. The molecule has 20 heavy (non-hydrogen) atoms. The van der Waals surface area contributed by atoms with Gasteiger partial charge in [-0.25, -0.2) is 13.1 Å². The van der Waals surface area contributed by atoms with Gasteiger partial charge in [-0.3, -0.25) is 9.59 Å². The lowest BCUT2D eigenvalue weighted by Crippen LogP contribution is -2.39. The predicted octanol–water partition coefficient (Wildman–Crippen LogP) is 0.0154. The highest BCUT2D eigenvalue weighted by atomic mass is 32.2. The minimum Gasteiger partial charge on any atom is -0.372 e. The first-order valence-electron chi connectivity index (χ1n) is 5.81. The van der Waals surface area contributed by atoms with Crippen molar-refractivity contribution in [2.45, 2.75) is 24.3 Å². The zero-order valence-corrected chi connectivity index (χ0v) is 11.9. The number of carbonyl (C=O) groups is 2. The number of methoxy groups -OCH3 is 1. The molecule has 1 rings (SSSR count). The molecule has 0 bridgehead atoms. The number of primary amides is 1. The number of hydrogen-bond donors (Lipinski definition) is 2. The SMILES string of the molecule is CCC(OC)C(=O)NS(=O)(=O)c1ccc(C(N)=O)cc1. The minimum atomic E-state index is -4.00. The maximum atomic E-state index is 12.0. The zero-order valence-electron chi connectivity index (χ0n) is 11.1. The van der Waals surface area contributed by atoms with Crippen LogP contribution in [0, 0.1) is 0 Å². The number of carbonyl (C=O) groups excluding carboxylic acids is 2. The monoisotopic (exact) mass is 300 g/mol. The van der Waals surface area contributed by atoms with Gasteiger partial charge in [0.1, 0.15) is 6.10 Å². The van der Waals surface area contributed by atoms with Gasteiger partial charge in [0, 0.05) is 12.7 Å². The van der Waals surface area contributed by atoms with Crippen LogP contribution in [0.2, 0.25) is 0 Å². The van der Waals surface area contributed by atoms with Gasteiger partial charge in [0.2, 0.25) is 5.91 Å². The lowest BCUT2D eigenvalue weighted by Gasteiger charge is -2.13. The number of ether oxygens (including phenoxy) is 1. The van der Waals surface area contributed by atoms with Crippen molar-refractivity contribution in [3.05, 3.63) is 29.8 Å². The standard InChI is InChI=1S/C12H16N2O5S/c1-3-10(19-2)12(16)14-20(17,18)9-6-4-8(5-7-9)11(13)15/h4-7,10H,3H2,1-2H3,(H2,13,15)(H,14,16). The topological polar surface area (TPSA) is 116 Å². The van der Waals surface area contributed by atoms with Crippen molar-refractivity contribution in [3.8, 4) is 0 Å². The first-order chi connectivity index (χ1) is 9.31. The second kappa shape index (κ2) is 6.49. The molecule has 2 amide bonds. The molecule has 3 N–H and O–H groups in total. The van der Waals surface area contributed by atoms with Crippen molar-refractivity contribution in [1.29, 1.82) is 0 Å². The number of benzene rings is 1. The Morgan fingerprint density at radius 3 is 2.25 bits per heavy atom. The quantitative estimate of drug-likeness (QED) is 0.768. The maximum Gasteiger partial charge on any atom is 0.264 e. The summed E-state index contributed by atoms with van der Waals surface area (Å²) in [5.74, 6) is -1.41. The Hall–Kier alpha value is -1.93. The van der Waals surface area contributed by atoms with Gasteiger partial charge in [-0.05, 0) is 30.7 Å². The Morgan fingerprint density at radius 1 is 1.30 bits per heavy atom. The fourth-order valence-electron chi connectivity index (χ4n) is 1.51. The van der Waals surface area contributed by atoms with E-state index in [-0.39, 0.29) is 10.5 Å². The first kappa shape index (κ1) is 16.1. The van der Waals surface area contributed by atoms with Crippen LogP contribution in [0.3, 0.4) is 0 Å². The zero-order chi connectivity index (χ0) is 15.3. The fraction of sp³-hybridized carbons (Fsp3) is 0.333. The maximum absolute atomic E-state index is 12.0. The molecule has 0 fully saturated rings. The summed E-state index contributed by atoms with van der Waals surface area (Å²) < 4.78 is 30.7. The Bertz CT molecular complexity index is 591. The molecular weight excluding hydrogens is 284 g/mol. The van der Waals surface area contributed by atoms with Crippen LogP contribution in [-0.4, -0.2) is 33.4 Å². The van der Waals surface area contributed by atoms with Crippen molar-refractivity contribution in [2.75, 3.05) is 7.11 Å². The molecule has 0 aliphatic carbocycles. The molecule has 0 heterocycles. The summed E-state index contributed by atoms with van der Waals surface area (Å²) in [5.41, 5.74) is 5.23. The fourth-order valence-corrected chi connectivity index (χ4v) is 2.52. The largest absolute Gasteiger partial charge is 0.372 e.